The summed E-state index contributed by atoms with van der Waals surface area (Å²) in [6.45, 7) is 5.64. The summed E-state index contributed by atoms with van der Waals surface area (Å²) in [4.78, 5) is 2.47. The summed E-state index contributed by atoms with van der Waals surface area (Å²) in [6.07, 6.45) is 11.7. The Labute approximate surface area is 155 Å². The molecule has 0 radical (unpaired) electrons. The molecule has 0 saturated heterocycles. The fourth-order valence-corrected chi connectivity index (χ4v) is 3.31. The zero-order valence-corrected chi connectivity index (χ0v) is 16.2. The minimum Gasteiger partial charge on any atom is -0.341 e. The maximum Gasteiger partial charge on any atom is 0.0410 e. The molecule has 0 aliphatic carbocycles. The predicted molar refractivity (Wildman–Crippen MR) is 112 cm³/mol. The zero-order valence-electron chi connectivity index (χ0n) is 16.2. The Kier molecular flexibility index (Phi) is 9.18. The van der Waals surface area contributed by atoms with Gasteiger partial charge in [0.25, 0.3) is 0 Å². The molecular weight excluding hydrogens is 302 g/mol. The van der Waals surface area contributed by atoms with Crippen molar-refractivity contribution < 1.29 is 0 Å². The van der Waals surface area contributed by atoms with Crippen LogP contribution in [0.5, 0.6) is 0 Å². The van der Waals surface area contributed by atoms with E-state index in [1.54, 1.807) is 0 Å². The molecule has 2 aromatic rings. The van der Waals surface area contributed by atoms with E-state index in [-0.39, 0.29) is 0 Å². The smallest absolute Gasteiger partial charge is 0.0410 e. The van der Waals surface area contributed by atoms with Gasteiger partial charge in [-0.25, -0.2) is 0 Å². The molecule has 1 nitrogen and oxygen atoms in total. The lowest BCUT2D eigenvalue weighted by Gasteiger charge is -2.25. The minimum atomic E-state index is 1.10. The van der Waals surface area contributed by atoms with Crippen LogP contribution in [0.25, 0.3) is 0 Å². The molecule has 136 valence electrons. The second kappa shape index (κ2) is 11.7. The highest BCUT2D eigenvalue weighted by atomic mass is 15.1. The molecule has 2 aromatic carbocycles. The maximum atomic E-state index is 2.47. The number of hydrogen-bond acceptors (Lipinski definition) is 1. The largest absolute Gasteiger partial charge is 0.341 e. The van der Waals surface area contributed by atoms with Crippen molar-refractivity contribution in [1.82, 2.24) is 0 Å². The monoisotopic (exact) mass is 337 g/mol. The predicted octanol–water partition coefficient (Wildman–Crippen LogP) is 7.53. The SMILES string of the molecule is CCCCCCc1ccc(N(CCCCCC)c2ccccc2)cc1. The van der Waals surface area contributed by atoms with Gasteiger partial charge in [-0.3, -0.25) is 0 Å². The van der Waals surface area contributed by atoms with Gasteiger partial charge < -0.3 is 4.90 Å². The first-order chi connectivity index (χ1) is 12.3. The van der Waals surface area contributed by atoms with Crippen molar-refractivity contribution in [2.45, 2.75) is 71.6 Å². The third-order valence-electron chi connectivity index (χ3n) is 4.87. The highest BCUT2D eigenvalue weighted by Crippen LogP contribution is 2.26. The van der Waals surface area contributed by atoms with E-state index in [9.17, 15) is 0 Å². The van der Waals surface area contributed by atoms with Crippen LogP contribution in [0.2, 0.25) is 0 Å². The summed E-state index contributed by atoms with van der Waals surface area (Å²) in [5, 5.41) is 0. The second-order valence-corrected chi connectivity index (χ2v) is 7.02. The third kappa shape index (κ3) is 6.94. The number of para-hydroxylation sites is 1. The summed E-state index contributed by atoms with van der Waals surface area (Å²) < 4.78 is 0. The molecule has 0 fully saturated rings. The molecule has 0 aliphatic heterocycles. The normalized spacial score (nSPS) is 10.8. The lowest BCUT2D eigenvalue weighted by atomic mass is 10.1. The molecule has 2 rings (SSSR count). The summed E-state index contributed by atoms with van der Waals surface area (Å²) in [5.41, 5.74) is 4.09. The molecular formula is C24H35N. The van der Waals surface area contributed by atoms with E-state index in [4.69, 9.17) is 0 Å². The van der Waals surface area contributed by atoms with Gasteiger partial charge in [-0.15, -0.1) is 0 Å². The molecule has 0 spiro atoms. The van der Waals surface area contributed by atoms with Crippen LogP contribution >= 0.6 is 0 Å². The average molecular weight is 338 g/mol. The van der Waals surface area contributed by atoms with Crippen LogP contribution in [-0.4, -0.2) is 6.54 Å². The molecule has 0 bridgehead atoms. The summed E-state index contributed by atoms with van der Waals surface area (Å²) in [5.74, 6) is 0. The van der Waals surface area contributed by atoms with E-state index in [2.05, 4.69) is 73.3 Å². The number of hydrogen-bond donors (Lipinski definition) is 0. The van der Waals surface area contributed by atoms with Gasteiger partial charge in [0.15, 0.2) is 0 Å². The lowest BCUT2D eigenvalue weighted by Crippen LogP contribution is -2.18. The minimum absolute atomic E-state index is 1.10. The molecule has 0 saturated carbocycles. The van der Waals surface area contributed by atoms with Crippen LogP contribution in [0, 0.1) is 0 Å². The molecule has 0 atom stereocenters. The van der Waals surface area contributed by atoms with E-state index in [0.717, 1.165) is 6.54 Å². The van der Waals surface area contributed by atoms with Gasteiger partial charge in [0.05, 0.1) is 0 Å². The average Bonchev–Trinajstić information content (AvgIpc) is 2.67. The van der Waals surface area contributed by atoms with Crippen molar-refractivity contribution in [2.75, 3.05) is 11.4 Å². The van der Waals surface area contributed by atoms with Gasteiger partial charge >= 0.3 is 0 Å². The lowest BCUT2D eigenvalue weighted by molar-refractivity contribution is 0.665. The zero-order chi connectivity index (χ0) is 17.7. The fourth-order valence-electron chi connectivity index (χ4n) is 3.31. The van der Waals surface area contributed by atoms with Gasteiger partial charge in [0.2, 0.25) is 0 Å². The highest BCUT2D eigenvalue weighted by Gasteiger charge is 2.08. The molecule has 0 amide bonds. The van der Waals surface area contributed by atoms with Gasteiger partial charge in [-0.05, 0) is 49.1 Å². The number of aryl methyl sites for hydroxylation is 1. The number of rotatable bonds is 12. The van der Waals surface area contributed by atoms with Crippen LogP contribution < -0.4 is 4.90 Å². The Morgan fingerprint density at radius 1 is 0.600 bits per heavy atom. The Hall–Kier alpha value is -1.76. The Morgan fingerprint density at radius 3 is 1.84 bits per heavy atom. The summed E-state index contributed by atoms with van der Waals surface area (Å²) >= 11 is 0. The number of anilines is 2. The van der Waals surface area contributed by atoms with Crippen LogP contribution in [0.15, 0.2) is 54.6 Å². The first-order valence-electron chi connectivity index (χ1n) is 10.3. The van der Waals surface area contributed by atoms with Crippen molar-refractivity contribution in [1.29, 1.82) is 0 Å². The Balaban J connectivity index is 2.00. The molecule has 0 aliphatic rings. The maximum absolute atomic E-state index is 2.47. The van der Waals surface area contributed by atoms with Gasteiger partial charge in [0.1, 0.15) is 0 Å². The van der Waals surface area contributed by atoms with E-state index in [1.165, 1.54) is 74.7 Å². The molecule has 0 aromatic heterocycles. The van der Waals surface area contributed by atoms with Crippen LogP contribution in [0.3, 0.4) is 0 Å². The quantitative estimate of drug-likeness (QED) is 0.362. The van der Waals surface area contributed by atoms with Crippen LogP contribution in [0.1, 0.15) is 70.8 Å². The van der Waals surface area contributed by atoms with Crippen molar-refractivity contribution in [3.05, 3.63) is 60.2 Å². The Morgan fingerprint density at radius 2 is 1.20 bits per heavy atom. The summed E-state index contributed by atoms with van der Waals surface area (Å²) in [7, 11) is 0. The van der Waals surface area contributed by atoms with Gasteiger partial charge in [-0.2, -0.15) is 0 Å². The van der Waals surface area contributed by atoms with E-state index in [1.807, 2.05) is 0 Å². The van der Waals surface area contributed by atoms with Crippen molar-refractivity contribution in [3.8, 4) is 0 Å². The number of unbranched alkanes of at least 4 members (excludes halogenated alkanes) is 6. The van der Waals surface area contributed by atoms with E-state index < -0.39 is 0 Å². The molecule has 0 unspecified atom stereocenters. The van der Waals surface area contributed by atoms with Gasteiger partial charge in [-0.1, -0.05) is 82.7 Å². The standard InChI is InChI=1S/C24H35N/c1-3-5-7-10-14-22-17-19-24(20-18-22)25(21-13-8-6-4-2)23-15-11-9-12-16-23/h9,11-12,15-20H,3-8,10,13-14,21H2,1-2H3. The first-order valence-corrected chi connectivity index (χ1v) is 10.3. The third-order valence-corrected chi connectivity index (χ3v) is 4.87. The van der Waals surface area contributed by atoms with E-state index in [0.29, 0.717) is 0 Å². The van der Waals surface area contributed by atoms with E-state index >= 15 is 0 Å². The van der Waals surface area contributed by atoms with Gasteiger partial charge in [0, 0.05) is 17.9 Å². The second-order valence-electron chi connectivity index (χ2n) is 7.02. The number of benzene rings is 2. The van der Waals surface area contributed by atoms with Crippen LogP contribution in [0.4, 0.5) is 11.4 Å². The Bertz CT molecular complexity index is 558. The molecule has 0 N–H and O–H groups in total. The highest BCUT2D eigenvalue weighted by molar-refractivity contribution is 5.63. The van der Waals surface area contributed by atoms with Crippen molar-refractivity contribution in [2.24, 2.45) is 0 Å². The molecule has 1 heteroatoms. The van der Waals surface area contributed by atoms with Crippen LogP contribution in [-0.2, 0) is 6.42 Å². The van der Waals surface area contributed by atoms with Crippen molar-refractivity contribution in [3.63, 3.8) is 0 Å². The topological polar surface area (TPSA) is 3.24 Å². The van der Waals surface area contributed by atoms with Crippen molar-refractivity contribution >= 4 is 11.4 Å². The number of nitrogens with zero attached hydrogens (tertiary/aromatic N) is 1. The molecule has 0 heterocycles. The first kappa shape index (κ1) is 19.6. The molecule has 25 heavy (non-hydrogen) atoms. The summed E-state index contributed by atoms with van der Waals surface area (Å²) in [6, 6.07) is 20.1. The fraction of sp³-hybridized carbons (Fsp3) is 0.500.